The van der Waals surface area contributed by atoms with Gasteiger partial charge in [-0.05, 0) is 44.0 Å². The Balaban J connectivity index is 1.38. The summed E-state index contributed by atoms with van der Waals surface area (Å²) in [5, 5.41) is 46.3. The van der Waals surface area contributed by atoms with E-state index in [9.17, 15) is 30.4 Å². The van der Waals surface area contributed by atoms with Crippen molar-refractivity contribution in [3.63, 3.8) is 0 Å². The van der Waals surface area contributed by atoms with Crippen LogP contribution in [0.25, 0.3) is 16.5 Å². The van der Waals surface area contributed by atoms with E-state index in [2.05, 4.69) is 0 Å². The fraction of sp³-hybridized carbons (Fsp3) is 0.259. The minimum absolute atomic E-state index is 0.0354. The number of nitrogens with zero attached hydrogens (tertiary/aromatic N) is 3. The van der Waals surface area contributed by atoms with Gasteiger partial charge in [-0.3, -0.25) is 24.8 Å². The topological polar surface area (TPSA) is 150 Å². The van der Waals surface area contributed by atoms with Crippen molar-refractivity contribution < 1.29 is 29.5 Å². The number of nitro benzene ring substituents is 2. The molecule has 0 amide bonds. The summed E-state index contributed by atoms with van der Waals surface area (Å²) in [7, 11) is 0. The van der Waals surface area contributed by atoms with E-state index in [1.54, 1.807) is 24.3 Å². The van der Waals surface area contributed by atoms with Crippen LogP contribution in [0.5, 0.6) is 17.5 Å². The van der Waals surface area contributed by atoms with E-state index in [-0.39, 0.29) is 29.7 Å². The zero-order valence-corrected chi connectivity index (χ0v) is 20.3. The molecule has 0 unspecified atom stereocenters. The number of non-ortho nitro benzene ring substituents is 2. The van der Waals surface area contributed by atoms with Crippen LogP contribution in [0.3, 0.4) is 0 Å². The van der Waals surface area contributed by atoms with Crippen molar-refractivity contribution in [2.45, 2.75) is 37.4 Å². The fourth-order valence-electron chi connectivity index (χ4n) is 5.95. The first-order valence-corrected chi connectivity index (χ1v) is 12.1. The third kappa shape index (κ3) is 3.32. The Morgan fingerprint density at radius 2 is 1.61 bits per heavy atom. The second kappa shape index (κ2) is 8.18. The summed E-state index contributed by atoms with van der Waals surface area (Å²) in [6, 6.07) is 15.4. The van der Waals surface area contributed by atoms with Crippen LogP contribution in [-0.4, -0.2) is 31.2 Å². The van der Waals surface area contributed by atoms with E-state index in [1.807, 2.05) is 6.92 Å². The van der Waals surface area contributed by atoms with E-state index in [0.717, 1.165) is 0 Å². The maximum atomic E-state index is 11.6. The van der Waals surface area contributed by atoms with Gasteiger partial charge in [-0.1, -0.05) is 18.2 Å². The Morgan fingerprint density at radius 1 is 0.921 bits per heavy atom. The molecule has 0 spiro atoms. The van der Waals surface area contributed by atoms with Crippen molar-refractivity contribution in [2.24, 2.45) is 0 Å². The summed E-state index contributed by atoms with van der Waals surface area (Å²) >= 11 is 0. The van der Waals surface area contributed by atoms with Crippen LogP contribution in [0.15, 0.2) is 60.7 Å². The molecule has 6 rings (SSSR count). The van der Waals surface area contributed by atoms with Gasteiger partial charge in [-0.2, -0.15) is 0 Å². The Morgan fingerprint density at radius 3 is 2.29 bits per heavy atom. The molecule has 2 aliphatic rings. The van der Waals surface area contributed by atoms with E-state index in [0.29, 0.717) is 52.6 Å². The van der Waals surface area contributed by atoms with Gasteiger partial charge >= 0.3 is 0 Å². The number of hydrogen-bond acceptors (Lipinski definition) is 8. The average molecular weight is 517 g/mol. The van der Waals surface area contributed by atoms with Crippen molar-refractivity contribution in [3.05, 3.63) is 92.0 Å². The minimum Gasteiger partial charge on any atom is -0.494 e. The van der Waals surface area contributed by atoms with Crippen molar-refractivity contribution >= 4 is 22.1 Å². The predicted octanol–water partition coefficient (Wildman–Crippen LogP) is 5.56. The van der Waals surface area contributed by atoms with Crippen LogP contribution in [0.2, 0.25) is 0 Å². The second-order valence-corrected chi connectivity index (χ2v) is 9.82. The molecule has 1 saturated heterocycles. The molecule has 2 atom stereocenters. The van der Waals surface area contributed by atoms with Crippen molar-refractivity contribution in [2.75, 3.05) is 6.61 Å². The van der Waals surface area contributed by atoms with Crippen molar-refractivity contribution in [1.82, 2.24) is 4.57 Å². The standard InChI is InChI=1S/C27H23N3O8/c1-26-12-13-27(38-26,14-15-37-17-8-6-16(7-9-17)29(33)34)23-22(26)24(31)28(25(23)32)20-10-11-21(30(35)36)19-5-3-2-4-18(19)20/h2-11,31-32H,12-15H2,1H3/t26-,27-/m0/s1. The average Bonchev–Trinajstić information content (AvgIpc) is 3.48. The lowest BCUT2D eigenvalue weighted by molar-refractivity contribution is -0.384. The molecule has 0 radical (unpaired) electrons. The Hall–Kier alpha value is -4.64. The lowest BCUT2D eigenvalue weighted by Crippen LogP contribution is -2.25. The predicted molar refractivity (Wildman–Crippen MR) is 136 cm³/mol. The van der Waals surface area contributed by atoms with E-state index in [1.165, 1.54) is 41.0 Å². The SMILES string of the molecule is C[C@@]12CC[C@@](CCOc3ccc([N+](=O)[O-])cc3)(O1)c1c2c(O)n(-c2ccc([N+](=O)[O-])c3ccccc23)c1O. The number of aromatic nitrogens is 1. The van der Waals surface area contributed by atoms with Gasteiger partial charge in [0.2, 0.25) is 11.8 Å². The van der Waals surface area contributed by atoms with Gasteiger partial charge in [-0.25, -0.2) is 0 Å². The van der Waals surface area contributed by atoms with Gasteiger partial charge in [0, 0.05) is 30.0 Å². The molecule has 2 aliphatic heterocycles. The summed E-state index contributed by atoms with van der Waals surface area (Å²) in [4.78, 5) is 21.5. The van der Waals surface area contributed by atoms with Crippen LogP contribution in [0.1, 0.15) is 37.3 Å². The summed E-state index contributed by atoms with van der Waals surface area (Å²) in [6.07, 6.45) is 1.58. The van der Waals surface area contributed by atoms with E-state index >= 15 is 0 Å². The highest BCUT2D eigenvalue weighted by molar-refractivity contribution is 5.97. The van der Waals surface area contributed by atoms with Gasteiger partial charge in [-0.15, -0.1) is 0 Å². The highest BCUT2D eigenvalue weighted by Gasteiger charge is 2.61. The minimum atomic E-state index is -0.908. The highest BCUT2D eigenvalue weighted by atomic mass is 16.6. The number of nitro groups is 2. The lowest BCUT2D eigenvalue weighted by atomic mass is 9.78. The third-order valence-corrected chi connectivity index (χ3v) is 7.67. The molecular weight excluding hydrogens is 494 g/mol. The summed E-state index contributed by atoms with van der Waals surface area (Å²) < 4.78 is 13.6. The first kappa shape index (κ1) is 23.7. The molecule has 3 heterocycles. The molecule has 4 aromatic rings. The van der Waals surface area contributed by atoms with E-state index in [4.69, 9.17) is 9.47 Å². The van der Waals surface area contributed by atoms with E-state index < -0.39 is 21.0 Å². The highest BCUT2D eigenvalue weighted by Crippen LogP contribution is 2.65. The normalized spacial score (nSPS) is 21.5. The molecule has 11 nitrogen and oxygen atoms in total. The van der Waals surface area contributed by atoms with Gasteiger partial charge in [0.05, 0.1) is 44.3 Å². The molecule has 3 aromatic carbocycles. The van der Waals surface area contributed by atoms with Gasteiger partial charge in [0.1, 0.15) is 11.4 Å². The number of ether oxygens (including phenoxy) is 2. The fourth-order valence-corrected chi connectivity index (χ4v) is 5.95. The van der Waals surface area contributed by atoms with Crippen molar-refractivity contribution in [3.8, 4) is 23.2 Å². The maximum absolute atomic E-state index is 11.6. The Kier molecular flexibility index (Phi) is 5.11. The molecule has 194 valence electrons. The van der Waals surface area contributed by atoms with Gasteiger partial charge in [0.25, 0.3) is 11.4 Å². The summed E-state index contributed by atoms with van der Waals surface area (Å²) in [6.45, 7) is 2.08. The van der Waals surface area contributed by atoms with Gasteiger partial charge in [0.15, 0.2) is 0 Å². The molecular formula is C27H23N3O8. The molecule has 1 fully saturated rings. The molecule has 0 saturated carbocycles. The van der Waals surface area contributed by atoms with Crippen LogP contribution < -0.4 is 4.74 Å². The summed E-state index contributed by atoms with van der Waals surface area (Å²) in [5.41, 5.74) is -0.446. The Labute approximate surface area is 215 Å². The lowest BCUT2D eigenvalue weighted by Gasteiger charge is -2.26. The first-order valence-electron chi connectivity index (χ1n) is 12.1. The monoisotopic (exact) mass is 517 g/mol. The number of rotatable bonds is 7. The number of hydrogen-bond donors (Lipinski definition) is 2. The zero-order valence-electron chi connectivity index (χ0n) is 20.3. The number of benzene rings is 3. The second-order valence-electron chi connectivity index (χ2n) is 9.82. The number of fused-ring (bicyclic) bond motifs is 6. The quantitative estimate of drug-likeness (QED) is 0.239. The van der Waals surface area contributed by atoms with Gasteiger partial charge < -0.3 is 19.7 Å². The molecule has 38 heavy (non-hydrogen) atoms. The third-order valence-electron chi connectivity index (χ3n) is 7.67. The molecule has 11 heteroatoms. The van der Waals surface area contributed by atoms with Crippen LogP contribution in [0.4, 0.5) is 11.4 Å². The molecule has 2 bridgehead atoms. The zero-order chi connectivity index (χ0) is 26.8. The smallest absolute Gasteiger partial charge is 0.277 e. The van der Waals surface area contributed by atoms with Crippen LogP contribution >= 0.6 is 0 Å². The summed E-state index contributed by atoms with van der Waals surface area (Å²) in [5.74, 6) is 0.111. The largest absolute Gasteiger partial charge is 0.494 e. The van der Waals surface area contributed by atoms with Crippen molar-refractivity contribution in [1.29, 1.82) is 0 Å². The van der Waals surface area contributed by atoms with Crippen LogP contribution in [-0.2, 0) is 15.9 Å². The molecule has 2 N–H and O–H groups in total. The first-order chi connectivity index (χ1) is 18.2. The number of aromatic hydroxyl groups is 2. The molecule has 0 aliphatic carbocycles. The Bertz CT molecular complexity index is 1630. The van der Waals surface area contributed by atoms with Crippen LogP contribution in [0, 0.1) is 20.2 Å². The maximum Gasteiger partial charge on any atom is 0.277 e. The molecule has 1 aromatic heterocycles.